The van der Waals surface area contributed by atoms with Gasteiger partial charge in [-0.15, -0.1) is 0 Å². The molecule has 4 heteroatoms. The molecule has 0 aliphatic carbocycles. The summed E-state index contributed by atoms with van der Waals surface area (Å²) < 4.78 is 0. The predicted octanol–water partition coefficient (Wildman–Crippen LogP) is 16.8. The van der Waals surface area contributed by atoms with E-state index in [1.54, 1.807) is 0 Å². The maximum absolute atomic E-state index is 12.5. The van der Waals surface area contributed by atoms with E-state index < -0.39 is 12.1 Å². The van der Waals surface area contributed by atoms with Crippen LogP contribution in [0.2, 0.25) is 0 Å². The highest BCUT2D eigenvalue weighted by Gasteiger charge is 2.20. The molecule has 0 fully saturated rings. The fourth-order valence-electron chi connectivity index (χ4n) is 8.60. The lowest BCUT2D eigenvalue weighted by atomic mass is 10.0. The standard InChI is InChI=1S/C52H105NO3/c1-3-5-7-9-11-13-15-17-19-21-23-24-25-26-27-28-30-31-33-35-37-39-41-43-45-47-51(55)50(49-54)53-52(56)48-46-44-42-40-38-36-34-32-29-22-20-18-16-14-12-10-8-6-4-2/h50-51,54-55H,3-49H2,1-2H3,(H,53,56). The van der Waals surface area contributed by atoms with Crippen LogP contribution in [0.5, 0.6) is 0 Å². The Morgan fingerprint density at radius 1 is 0.357 bits per heavy atom. The molecule has 0 bridgehead atoms. The Labute approximate surface area is 353 Å². The molecule has 0 aromatic rings. The molecule has 0 aromatic heterocycles. The first-order valence-corrected chi connectivity index (χ1v) is 26.2. The third-order valence-electron chi connectivity index (χ3n) is 12.6. The lowest BCUT2D eigenvalue weighted by Crippen LogP contribution is -2.45. The van der Waals surface area contributed by atoms with E-state index in [4.69, 9.17) is 0 Å². The first-order chi connectivity index (χ1) is 27.7. The summed E-state index contributed by atoms with van der Waals surface area (Å²) in [4.78, 5) is 12.5. The molecular weight excluding hydrogens is 687 g/mol. The molecule has 56 heavy (non-hydrogen) atoms. The fraction of sp³-hybridized carbons (Fsp3) is 0.981. The second kappa shape index (κ2) is 48.8. The van der Waals surface area contributed by atoms with Crippen molar-refractivity contribution in [3.8, 4) is 0 Å². The number of hydrogen-bond acceptors (Lipinski definition) is 3. The molecule has 0 aliphatic heterocycles. The van der Waals surface area contributed by atoms with Crippen LogP contribution in [0.4, 0.5) is 0 Å². The first kappa shape index (κ1) is 55.4. The Balaban J connectivity index is 3.41. The number of nitrogens with one attached hydrogen (secondary N) is 1. The van der Waals surface area contributed by atoms with E-state index in [1.807, 2.05) is 0 Å². The quantitative estimate of drug-likeness (QED) is 0.0538. The van der Waals surface area contributed by atoms with Crippen molar-refractivity contribution in [1.29, 1.82) is 0 Å². The second-order valence-electron chi connectivity index (χ2n) is 18.3. The van der Waals surface area contributed by atoms with Crippen LogP contribution in [0.1, 0.15) is 309 Å². The molecule has 0 rings (SSSR count). The first-order valence-electron chi connectivity index (χ1n) is 26.2. The number of aliphatic hydroxyl groups excluding tert-OH is 2. The van der Waals surface area contributed by atoms with Gasteiger partial charge >= 0.3 is 0 Å². The number of carbonyl (C=O) groups is 1. The van der Waals surface area contributed by atoms with Gasteiger partial charge in [0.15, 0.2) is 0 Å². The minimum atomic E-state index is -0.654. The van der Waals surface area contributed by atoms with Crippen LogP contribution in [0.15, 0.2) is 0 Å². The minimum Gasteiger partial charge on any atom is -0.394 e. The monoisotopic (exact) mass is 792 g/mol. The average Bonchev–Trinajstić information content (AvgIpc) is 3.20. The maximum Gasteiger partial charge on any atom is 0.220 e. The summed E-state index contributed by atoms with van der Waals surface area (Å²) in [6, 6.07) is -0.530. The Morgan fingerprint density at radius 3 is 0.804 bits per heavy atom. The summed E-state index contributed by atoms with van der Waals surface area (Å²) in [7, 11) is 0. The molecule has 0 radical (unpaired) electrons. The summed E-state index contributed by atoms with van der Waals surface area (Å²) in [6.45, 7) is 4.40. The van der Waals surface area contributed by atoms with Crippen LogP contribution in [-0.2, 0) is 4.79 Å². The molecule has 0 aliphatic rings. The van der Waals surface area contributed by atoms with Gasteiger partial charge in [-0.25, -0.2) is 0 Å². The molecule has 0 aromatic carbocycles. The summed E-state index contributed by atoms with van der Waals surface area (Å²) in [6.07, 6.45) is 60.7. The predicted molar refractivity (Wildman–Crippen MR) is 249 cm³/mol. The van der Waals surface area contributed by atoms with Crippen LogP contribution in [-0.4, -0.2) is 34.9 Å². The third kappa shape index (κ3) is 44.5. The van der Waals surface area contributed by atoms with Gasteiger partial charge in [-0.05, 0) is 12.8 Å². The van der Waals surface area contributed by atoms with Crippen molar-refractivity contribution in [2.45, 2.75) is 321 Å². The Morgan fingerprint density at radius 2 is 0.571 bits per heavy atom. The van der Waals surface area contributed by atoms with Crippen molar-refractivity contribution in [2.75, 3.05) is 6.61 Å². The zero-order chi connectivity index (χ0) is 40.7. The molecule has 1 amide bonds. The molecule has 2 unspecified atom stereocenters. The summed E-state index contributed by atoms with van der Waals surface area (Å²) >= 11 is 0. The van der Waals surface area contributed by atoms with Gasteiger partial charge in [-0.3, -0.25) is 4.79 Å². The van der Waals surface area contributed by atoms with E-state index in [0.717, 1.165) is 25.7 Å². The van der Waals surface area contributed by atoms with Gasteiger partial charge in [0.1, 0.15) is 0 Å². The van der Waals surface area contributed by atoms with Crippen LogP contribution >= 0.6 is 0 Å². The number of rotatable bonds is 49. The van der Waals surface area contributed by atoms with Crippen LogP contribution < -0.4 is 5.32 Å². The topological polar surface area (TPSA) is 69.6 Å². The molecule has 336 valence electrons. The zero-order valence-corrected chi connectivity index (χ0v) is 38.7. The molecule has 0 heterocycles. The average molecular weight is 792 g/mol. The van der Waals surface area contributed by atoms with Crippen molar-refractivity contribution in [3.05, 3.63) is 0 Å². The highest BCUT2D eigenvalue weighted by molar-refractivity contribution is 5.76. The van der Waals surface area contributed by atoms with E-state index in [0.29, 0.717) is 12.8 Å². The van der Waals surface area contributed by atoms with Crippen molar-refractivity contribution in [2.24, 2.45) is 0 Å². The van der Waals surface area contributed by atoms with Crippen LogP contribution in [0, 0.1) is 0 Å². The number of unbranched alkanes of at least 4 members (excludes halogenated alkanes) is 42. The molecule has 0 saturated heterocycles. The highest BCUT2D eigenvalue weighted by Crippen LogP contribution is 2.18. The highest BCUT2D eigenvalue weighted by atomic mass is 16.3. The zero-order valence-electron chi connectivity index (χ0n) is 38.7. The van der Waals surface area contributed by atoms with Gasteiger partial charge < -0.3 is 15.5 Å². The van der Waals surface area contributed by atoms with Gasteiger partial charge in [-0.1, -0.05) is 290 Å². The molecule has 4 nitrogen and oxygen atoms in total. The fourth-order valence-corrected chi connectivity index (χ4v) is 8.60. The van der Waals surface area contributed by atoms with E-state index >= 15 is 0 Å². The molecule has 3 N–H and O–H groups in total. The third-order valence-corrected chi connectivity index (χ3v) is 12.6. The van der Waals surface area contributed by atoms with Crippen molar-refractivity contribution in [1.82, 2.24) is 5.32 Å². The van der Waals surface area contributed by atoms with Gasteiger partial charge in [0.25, 0.3) is 0 Å². The van der Waals surface area contributed by atoms with E-state index in [2.05, 4.69) is 19.2 Å². The van der Waals surface area contributed by atoms with Crippen molar-refractivity contribution in [3.63, 3.8) is 0 Å². The number of carbonyl (C=O) groups excluding carboxylic acids is 1. The Hall–Kier alpha value is -0.610. The lowest BCUT2D eigenvalue weighted by Gasteiger charge is -2.22. The van der Waals surface area contributed by atoms with Gasteiger partial charge in [0.2, 0.25) is 5.91 Å². The second-order valence-corrected chi connectivity index (χ2v) is 18.3. The summed E-state index contributed by atoms with van der Waals surface area (Å²) in [5.41, 5.74) is 0. The van der Waals surface area contributed by atoms with Gasteiger partial charge in [-0.2, -0.15) is 0 Å². The Bertz CT molecular complexity index is 729. The van der Waals surface area contributed by atoms with Crippen LogP contribution in [0.25, 0.3) is 0 Å². The maximum atomic E-state index is 12.5. The van der Waals surface area contributed by atoms with E-state index in [1.165, 1.54) is 257 Å². The van der Waals surface area contributed by atoms with E-state index in [9.17, 15) is 15.0 Å². The Kier molecular flexibility index (Phi) is 48.2. The minimum absolute atomic E-state index is 0.0233. The summed E-state index contributed by atoms with van der Waals surface area (Å²) in [5, 5.41) is 23.3. The van der Waals surface area contributed by atoms with Crippen molar-refractivity contribution < 1.29 is 15.0 Å². The molecule has 0 spiro atoms. The molecule has 0 saturated carbocycles. The normalized spacial score (nSPS) is 12.7. The molecular formula is C52H105NO3. The van der Waals surface area contributed by atoms with Gasteiger partial charge in [0, 0.05) is 6.42 Å². The molecule has 2 atom stereocenters. The van der Waals surface area contributed by atoms with Crippen LogP contribution in [0.3, 0.4) is 0 Å². The van der Waals surface area contributed by atoms with Crippen molar-refractivity contribution >= 4 is 5.91 Å². The SMILES string of the molecule is CCCCCCCCCCCCCCCCCCCCCCCCCCCC(O)C(CO)NC(=O)CCCCCCCCCCCCCCCCCCCCC. The summed E-state index contributed by atoms with van der Waals surface area (Å²) in [5.74, 6) is -0.0233. The van der Waals surface area contributed by atoms with E-state index in [-0.39, 0.29) is 12.5 Å². The van der Waals surface area contributed by atoms with Gasteiger partial charge in [0.05, 0.1) is 18.8 Å². The largest absolute Gasteiger partial charge is 0.394 e. The lowest BCUT2D eigenvalue weighted by molar-refractivity contribution is -0.123. The number of aliphatic hydroxyl groups is 2. The smallest absolute Gasteiger partial charge is 0.220 e. The number of amides is 1. The number of hydrogen-bond donors (Lipinski definition) is 3.